The third-order valence-corrected chi connectivity index (χ3v) is 3.86. The van der Waals surface area contributed by atoms with E-state index in [1.165, 1.54) is 0 Å². The molecule has 0 amide bonds. The van der Waals surface area contributed by atoms with Gasteiger partial charge < -0.3 is 0 Å². The van der Waals surface area contributed by atoms with Crippen LogP contribution in [0.3, 0.4) is 0 Å². The number of Topliss-reactive ketones (excluding diaryl/α,β-unsaturated/α-hetero) is 1. The average molecular weight is 291 g/mol. The van der Waals surface area contributed by atoms with Gasteiger partial charge in [0.15, 0.2) is 5.78 Å². The van der Waals surface area contributed by atoms with Crippen LogP contribution in [-0.2, 0) is 14.8 Å². The molecule has 1 aromatic carbocycles. The quantitative estimate of drug-likeness (QED) is 0.921. The minimum absolute atomic E-state index is 0.354. The molecule has 7 heteroatoms. The molecule has 0 fully saturated rings. The van der Waals surface area contributed by atoms with Gasteiger partial charge in [0.2, 0.25) is 10.0 Å². The molecular weight excluding hydrogens is 276 g/mol. The standard InChI is InChI=1S/C12H15F2NO3S/c1-12(2,3)11(16)7-15-19(17,18)10-6-8(13)4-5-9(10)14/h4-6,15H,7H2,1-3H3. The van der Waals surface area contributed by atoms with Crippen LogP contribution in [0.25, 0.3) is 0 Å². The molecule has 0 heterocycles. The highest BCUT2D eigenvalue weighted by Gasteiger charge is 2.25. The fourth-order valence-electron chi connectivity index (χ4n) is 1.19. The SMILES string of the molecule is CC(C)(C)C(=O)CNS(=O)(=O)c1cc(F)ccc1F. The van der Waals surface area contributed by atoms with Crippen molar-refractivity contribution in [3.8, 4) is 0 Å². The second-order valence-corrected chi connectivity index (χ2v) is 6.81. The highest BCUT2D eigenvalue weighted by Crippen LogP contribution is 2.17. The van der Waals surface area contributed by atoms with E-state index >= 15 is 0 Å². The molecule has 0 aromatic heterocycles. The number of rotatable bonds is 4. The molecule has 0 spiro atoms. The van der Waals surface area contributed by atoms with E-state index < -0.39 is 38.5 Å². The van der Waals surface area contributed by atoms with Crippen LogP contribution in [0, 0.1) is 17.0 Å². The molecule has 1 N–H and O–H groups in total. The van der Waals surface area contributed by atoms with Crippen molar-refractivity contribution in [3.63, 3.8) is 0 Å². The Kier molecular flexibility index (Phi) is 4.42. The molecule has 0 bridgehead atoms. The zero-order valence-corrected chi connectivity index (χ0v) is 11.6. The molecule has 0 saturated heterocycles. The summed E-state index contributed by atoms with van der Waals surface area (Å²) in [6.45, 7) is 4.42. The van der Waals surface area contributed by atoms with Gasteiger partial charge in [-0.15, -0.1) is 0 Å². The lowest BCUT2D eigenvalue weighted by Gasteiger charge is -2.16. The monoisotopic (exact) mass is 291 g/mol. The maximum Gasteiger partial charge on any atom is 0.243 e. The van der Waals surface area contributed by atoms with Gasteiger partial charge in [0, 0.05) is 5.41 Å². The number of halogens is 2. The lowest BCUT2D eigenvalue weighted by atomic mass is 9.91. The average Bonchev–Trinajstić information content (AvgIpc) is 2.28. The van der Waals surface area contributed by atoms with Gasteiger partial charge in [-0.3, -0.25) is 4.79 Å². The molecule has 4 nitrogen and oxygen atoms in total. The first-order valence-corrected chi connectivity index (χ1v) is 7.00. The predicted octanol–water partition coefficient (Wildman–Crippen LogP) is 1.86. The molecule has 106 valence electrons. The van der Waals surface area contributed by atoms with E-state index in [2.05, 4.69) is 0 Å². The number of hydrogen-bond donors (Lipinski definition) is 1. The van der Waals surface area contributed by atoms with E-state index in [1.54, 1.807) is 20.8 Å². The number of hydrogen-bond acceptors (Lipinski definition) is 3. The smallest absolute Gasteiger partial charge is 0.243 e. The van der Waals surface area contributed by atoms with E-state index in [4.69, 9.17) is 0 Å². The first kappa shape index (κ1) is 15.7. The molecule has 1 rings (SSSR count). The number of sulfonamides is 1. The van der Waals surface area contributed by atoms with E-state index in [0.29, 0.717) is 6.07 Å². The molecule has 0 radical (unpaired) electrons. The minimum atomic E-state index is -4.25. The molecule has 0 aliphatic heterocycles. The zero-order chi connectivity index (χ0) is 14.8. The van der Waals surface area contributed by atoms with Gasteiger partial charge in [-0.1, -0.05) is 20.8 Å². The molecule has 19 heavy (non-hydrogen) atoms. The Hall–Kier alpha value is -1.34. The molecule has 0 aliphatic carbocycles. The van der Waals surface area contributed by atoms with Crippen molar-refractivity contribution in [1.82, 2.24) is 4.72 Å². The minimum Gasteiger partial charge on any atom is -0.298 e. The number of nitrogens with one attached hydrogen (secondary N) is 1. The van der Waals surface area contributed by atoms with Crippen LogP contribution in [0.4, 0.5) is 8.78 Å². The summed E-state index contributed by atoms with van der Waals surface area (Å²) < 4.78 is 51.8. The summed E-state index contributed by atoms with van der Waals surface area (Å²) in [6, 6.07) is 2.10. The molecule has 0 atom stereocenters. The van der Waals surface area contributed by atoms with Crippen LogP contribution in [-0.4, -0.2) is 20.7 Å². The molecule has 1 aromatic rings. The summed E-state index contributed by atoms with van der Waals surface area (Å²) in [5.41, 5.74) is -0.719. The summed E-state index contributed by atoms with van der Waals surface area (Å²) >= 11 is 0. The fourth-order valence-corrected chi connectivity index (χ4v) is 2.26. The van der Waals surface area contributed by atoms with Crippen LogP contribution in [0.2, 0.25) is 0 Å². The number of ketones is 1. The van der Waals surface area contributed by atoms with Crippen molar-refractivity contribution in [2.45, 2.75) is 25.7 Å². The fraction of sp³-hybridized carbons (Fsp3) is 0.417. The summed E-state index contributed by atoms with van der Waals surface area (Å²) in [4.78, 5) is 10.8. The van der Waals surface area contributed by atoms with Gasteiger partial charge in [0.25, 0.3) is 0 Å². The third kappa shape index (κ3) is 4.07. The van der Waals surface area contributed by atoms with Crippen molar-refractivity contribution in [1.29, 1.82) is 0 Å². The third-order valence-electron chi connectivity index (χ3n) is 2.44. The molecule has 0 saturated carbocycles. The molecule has 0 aliphatic rings. The van der Waals surface area contributed by atoms with E-state index in [1.807, 2.05) is 4.72 Å². The van der Waals surface area contributed by atoms with Crippen LogP contribution >= 0.6 is 0 Å². The highest BCUT2D eigenvalue weighted by molar-refractivity contribution is 7.89. The topological polar surface area (TPSA) is 63.2 Å². The Balaban J connectivity index is 2.94. The maximum atomic E-state index is 13.4. The summed E-state index contributed by atoms with van der Waals surface area (Å²) in [6.07, 6.45) is 0. The number of carbonyl (C=O) groups excluding carboxylic acids is 1. The van der Waals surface area contributed by atoms with Crippen LogP contribution in [0.15, 0.2) is 23.1 Å². The number of benzene rings is 1. The van der Waals surface area contributed by atoms with E-state index in [0.717, 1.165) is 12.1 Å². The Morgan fingerprint density at radius 1 is 1.26 bits per heavy atom. The first-order chi connectivity index (χ1) is 8.54. The van der Waals surface area contributed by atoms with Gasteiger partial charge >= 0.3 is 0 Å². The maximum absolute atomic E-state index is 13.4. The largest absolute Gasteiger partial charge is 0.298 e. The molecular formula is C12H15F2NO3S. The molecule has 0 unspecified atom stereocenters. The van der Waals surface area contributed by atoms with E-state index in [9.17, 15) is 22.0 Å². The van der Waals surface area contributed by atoms with Gasteiger partial charge in [-0.25, -0.2) is 21.9 Å². The van der Waals surface area contributed by atoms with Gasteiger partial charge in [-0.05, 0) is 18.2 Å². The Morgan fingerprint density at radius 2 is 1.84 bits per heavy atom. The van der Waals surface area contributed by atoms with Crippen molar-refractivity contribution >= 4 is 15.8 Å². The van der Waals surface area contributed by atoms with Crippen molar-refractivity contribution < 1.29 is 22.0 Å². The summed E-state index contributed by atoms with van der Waals surface area (Å²) in [5.74, 6) is -2.30. The Labute approximate surface area is 110 Å². The normalized spacial score (nSPS) is 12.5. The van der Waals surface area contributed by atoms with Gasteiger partial charge in [0.05, 0.1) is 6.54 Å². The second-order valence-electron chi connectivity index (χ2n) is 5.07. The van der Waals surface area contributed by atoms with Crippen LogP contribution in [0.5, 0.6) is 0 Å². The van der Waals surface area contributed by atoms with Crippen LogP contribution < -0.4 is 4.72 Å². The van der Waals surface area contributed by atoms with Gasteiger partial charge in [0.1, 0.15) is 16.5 Å². The van der Waals surface area contributed by atoms with Crippen LogP contribution in [0.1, 0.15) is 20.8 Å². The number of carbonyl (C=O) groups is 1. The highest BCUT2D eigenvalue weighted by atomic mass is 32.2. The first-order valence-electron chi connectivity index (χ1n) is 5.52. The predicted molar refractivity (Wildman–Crippen MR) is 66.0 cm³/mol. The zero-order valence-electron chi connectivity index (χ0n) is 10.8. The van der Waals surface area contributed by atoms with E-state index in [-0.39, 0.29) is 5.78 Å². The van der Waals surface area contributed by atoms with Gasteiger partial charge in [-0.2, -0.15) is 0 Å². The summed E-state index contributed by atoms with van der Waals surface area (Å²) in [7, 11) is -4.25. The Morgan fingerprint density at radius 3 is 2.37 bits per heavy atom. The lowest BCUT2D eigenvalue weighted by Crippen LogP contribution is -2.35. The summed E-state index contributed by atoms with van der Waals surface area (Å²) in [5, 5.41) is 0. The van der Waals surface area contributed by atoms with Crippen molar-refractivity contribution in [3.05, 3.63) is 29.8 Å². The lowest BCUT2D eigenvalue weighted by molar-refractivity contribution is -0.125. The van der Waals surface area contributed by atoms with Crippen molar-refractivity contribution in [2.24, 2.45) is 5.41 Å². The Bertz CT molecular complexity index is 591. The second kappa shape index (κ2) is 5.34. The van der Waals surface area contributed by atoms with Crippen molar-refractivity contribution in [2.75, 3.05) is 6.54 Å².